The number of carbonyl (C=O) groups is 2. The first-order valence-electron chi connectivity index (χ1n) is 5.71. The predicted molar refractivity (Wildman–Crippen MR) is 59.5 cm³/mol. The van der Waals surface area contributed by atoms with Gasteiger partial charge in [0.1, 0.15) is 6.67 Å². The number of unbranched alkanes of at least 4 members (excludes halogenated alkanes) is 2. The lowest BCUT2D eigenvalue weighted by atomic mass is 10.00. The summed E-state index contributed by atoms with van der Waals surface area (Å²) in [5.41, 5.74) is 0.911. The van der Waals surface area contributed by atoms with Crippen molar-refractivity contribution in [2.24, 2.45) is 0 Å². The van der Waals surface area contributed by atoms with Crippen LogP contribution in [0.5, 0.6) is 0 Å². The first kappa shape index (κ1) is 12.9. The van der Waals surface area contributed by atoms with Crippen LogP contribution in [0.25, 0.3) is 0 Å². The van der Waals surface area contributed by atoms with Crippen LogP contribution >= 0.6 is 0 Å². The van der Waals surface area contributed by atoms with E-state index in [0.29, 0.717) is 24.1 Å². The Balaban J connectivity index is 2.43. The maximum absolute atomic E-state index is 12.3. The number of hydrogen-bond donors (Lipinski definition) is 0. The maximum Gasteiger partial charge on any atom is 0.258 e. The molecule has 90 valence electrons. The van der Waals surface area contributed by atoms with Crippen LogP contribution in [0.15, 0.2) is 11.1 Å². The lowest BCUT2D eigenvalue weighted by molar-refractivity contribution is -0.147. The number of β-lactam (4-membered cyclic amide) rings is 1. The summed E-state index contributed by atoms with van der Waals surface area (Å²) >= 11 is 0. The average molecular weight is 227 g/mol. The monoisotopic (exact) mass is 227 g/mol. The van der Waals surface area contributed by atoms with Gasteiger partial charge in [0, 0.05) is 12.0 Å². The van der Waals surface area contributed by atoms with Gasteiger partial charge >= 0.3 is 0 Å². The fourth-order valence-electron chi connectivity index (χ4n) is 1.63. The molecular weight excluding hydrogens is 209 g/mol. The number of halogens is 1. The minimum atomic E-state index is -0.612. The fraction of sp³-hybridized carbons (Fsp3) is 0.667. The van der Waals surface area contributed by atoms with Crippen LogP contribution in [0, 0.1) is 0 Å². The van der Waals surface area contributed by atoms with Gasteiger partial charge in [0.2, 0.25) is 5.91 Å². The Labute approximate surface area is 95.3 Å². The third-order valence-corrected chi connectivity index (χ3v) is 2.83. The Morgan fingerprint density at radius 1 is 1.44 bits per heavy atom. The van der Waals surface area contributed by atoms with Crippen LogP contribution < -0.4 is 0 Å². The first-order valence-corrected chi connectivity index (χ1v) is 5.71. The number of likely N-dealkylation sites (tertiary alicyclic amines) is 1. The normalized spacial score (nSPS) is 18.4. The molecule has 2 amide bonds. The van der Waals surface area contributed by atoms with Gasteiger partial charge in [0.25, 0.3) is 5.91 Å². The van der Waals surface area contributed by atoms with E-state index in [0.717, 1.165) is 19.3 Å². The number of allylic oxidation sites excluding steroid dienone is 1. The SMILES string of the molecule is CCCCCC(=O)N1C/C(=C(/C)CF)C1=O. The number of imide groups is 1. The lowest BCUT2D eigenvalue weighted by Crippen LogP contribution is -2.50. The summed E-state index contributed by atoms with van der Waals surface area (Å²) in [5.74, 6) is -0.439. The molecule has 0 aliphatic carbocycles. The second kappa shape index (κ2) is 5.77. The van der Waals surface area contributed by atoms with Crippen molar-refractivity contribution in [1.82, 2.24) is 4.90 Å². The molecule has 0 spiro atoms. The second-order valence-corrected chi connectivity index (χ2v) is 4.13. The quantitative estimate of drug-likeness (QED) is 0.410. The molecule has 0 radical (unpaired) electrons. The summed E-state index contributed by atoms with van der Waals surface area (Å²) in [6.07, 6.45) is 3.29. The Bertz CT molecular complexity index is 323. The van der Waals surface area contributed by atoms with E-state index in [2.05, 4.69) is 6.92 Å². The maximum atomic E-state index is 12.3. The molecule has 0 unspecified atom stereocenters. The van der Waals surface area contributed by atoms with Gasteiger partial charge in [-0.2, -0.15) is 0 Å². The van der Waals surface area contributed by atoms with Crippen LogP contribution in [0.2, 0.25) is 0 Å². The van der Waals surface area contributed by atoms with Crippen LogP contribution in [0.4, 0.5) is 4.39 Å². The Morgan fingerprint density at radius 3 is 2.62 bits per heavy atom. The Morgan fingerprint density at radius 2 is 2.12 bits per heavy atom. The molecule has 0 bridgehead atoms. The van der Waals surface area contributed by atoms with Crippen molar-refractivity contribution in [3.05, 3.63) is 11.1 Å². The summed E-state index contributed by atoms with van der Waals surface area (Å²) in [6, 6.07) is 0. The zero-order chi connectivity index (χ0) is 12.1. The number of amides is 2. The van der Waals surface area contributed by atoms with Crippen molar-refractivity contribution in [2.45, 2.75) is 39.5 Å². The van der Waals surface area contributed by atoms with Gasteiger partial charge in [0.05, 0.1) is 6.54 Å². The summed E-state index contributed by atoms with van der Waals surface area (Å²) in [7, 11) is 0. The third kappa shape index (κ3) is 2.68. The van der Waals surface area contributed by atoms with Crippen LogP contribution in [0.1, 0.15) is 39.5 Å². The molecule has 0 atom stereocenters. The summed E-state index contributed by atoms with van der Waals surface area (Å²) in [6.45, 7) is 3.33. The molecule has 1 saturated heterocycles. The highest BCUT2D eigenvalue weighted by molar-refractivity contribution is 6.11. The average Bonchev–Trinajstić information content (AvgIpc) is 2.27. The number of nitrogens with zero attached hydrogens (tertiary/aromatic N) is 1. The van der Waals surface area contributed by atoms with E-state index in [4.69, 9.17) is 0 Å². The zero-order valence-corrected chi connectivity index (χ0v) is 9.88. The van der Waals surface area contributed by atoms with Gasteiger partial charge in [-0.3, -0.25) is 14.5 Å². The standard InChI is InChI=1S/C12H18FNO2/c1-3-4-5-6-11(15)14-8-10(12(14)16)9(2)7-13/h3-8H2,1-2H3/b10-9+. The van der Waals surface area contributed by atoms with Crippen molar-refractivity contribution in [3.8, 4) is 0 Å². The number of rotatable bonds is 5. The van der Waals surface area contributed by atoms with Crippen LogP contribution in [0.3, 0.4) is 0 Å². The van der Waals surface area contributed by atoms with Gasteiger partial charge in [-0.25, -0.2) is 4.39 Å². The zero-order valence-electron chi connectivity index (χ0n) is 9.88. The molecule has 0 aromatic carbocycles. The highest BCUT2D eigenvalue weighted by Crippen LogP contribution is 2.22. The summed E-state index contributed by atoms with van der Waals surface area (Å²) in [5, 5.41) is 0. The van der Waals surface area contributed by atoms with Crippen LogP contribution in [-0.4, -0.2) is 29.9 Å². The van der Waals surface area contributed by atoms with Crippen molar-refractivity contribution in [2.75, 3.05) is 13.2 Å². The predicted octanol–water partition coefficient (Wildman–Crippen LogP) is 2.22. The molecule has 16 heavy (non-hydrogen) atoms. The molecule has 3 nitrogen and oxygen atoms in total. The highest BCUT2D eigenvalue weighted by Gasteiger charge is 2.36. The van der Waals surface area contributed by atoms with Crippen LogP contribution in [-0.2, 0) is 9.59 Å². The van der Waals surface area contributed by atoms with E-state index < -0.39 is 6.67 Å². The first-order chi connectivity index (χ1) is 7.61. The van der Waals surface area contributed by atoms with Gasteiger partial charge in [-0.15, -0.1) is 0 Å². The lowest BCUT2D eigenvalue weighted by Gasteiger charge is -2.32. The minimum absolute atomic E-state index is 0.131. The molecule has 1 aliphatic rings. The fourth-order valence-corrected chi connectivity index (χ4v) is 1.63. The van der Waals surface area contributed by atoms with Gasteiger partial charge in [-0.1, -0.05) is 19.8 Å². The molecule has 4 heteroatoms. The Hall–Kier alpha value is -1.19. The van der Waals surface area contributed by atoms with Crippen molar-refractivity contribution in [3.63, 3.8) is 0 Å². The van der Waals surface area contributed by atoms with Gasteiger partial charge in [0.15, 0.2) is 0 Å². The Kier molecular flexibility index (Phi) is 4.65. The second-order valence-electron chi connectivity index (χ2n) is 4.13. The molecule has 1 fully saturated rings. The molecule has 1 rings (SSSR count). The number of hydrogen-bond acceptors (Lipinski definition) is 2. The number of carbonyl (C=O) groups excluding carboxylic acids is 2. The van der Waals surface area contributed by atoms with E-state index in [1.807, 2.05) is 0 Å². The van der Waals surface area contributed by atoms with E-state index in [1.54, 1.807) is 6.92 Å². The van der Waals surface area contributed by atoms with E-state index in [9.17, 15) is 14.0 Å². The van der Waals surface area contributed by atoms with Crippen molar-refractivity contribution >= 4 is 11.8 Å². The van der Waals surface area contributed by atoms with Gasteiger partial charge in [-0.05, 0) is 18.9 Å². The highest BCUT2D eigenvalue weighted by atomic mass is 19.1. The molecule has 1 heterocycles. The summed E-state index contributed by atoms with van der Waals surface area (Å²) < 4.78 is 12.3. The molecular formula is C12H18FNO2. The molecule has 0 N–H and O–H groups in total. The number of alkyl halides is 1. The van der Waals surface area contributed by atoms with E-state index >= 15 is 0 Å². The van der Waals surface area contributed by atoms with Crippen molar-refractivity contribution < 1.29 is 14.0 Å². The topological polar surface area (TPSA) is 37.4 Å². The molecule has 0 aromatic rings. The van der Waals surface area contributed by atoms with E-state index in [-0.39, 0.29) is 11.8 Å². The smallest absolute Gasteiger partial charge is 0.258 e. The van der Waals surface area contributed by atoms with Gasteiger partial charge < -0.3 is 0 Å². The molecule has 0 saturated carbocycles. The largest absolute Gasteiger partial charge is 0.274 e. The van der Waals surface area contributed by atoms with E-state index in [1.165, 1.54) is 4.90 Å². The third-order valence-electron chi connectivity index (χ3n) is 2.83. The molecule has 1 aliphatic heterocycles. The molecule has 0 aromatic heterocycles. The minimum Gasteiger partial charge on any atom is -0.274 e. The summed E-state index contributed by atoms with van der Waals surface area (Å²) in [4.78, 5) is 24.3. The van der Waals surface area contributed by atoms with Crippen molar-refractivity contribution in [1.29, 1.82) is 0 Å².